The Bertz CT molecular complexity index is 1170. The summed E-state index contributed by atoms with van der Waals surface area (Å²) in [4.78, 5) is 23.8. The molecule has 5 nitrogen and oxygen atoms in total. The molecule has 0 atom stereocenters. The largest absolute Gasteiger partial charge is 0.340 e. The van der Waals surface area contributed by atoms with E-state index in [1.807, 2.05) is 48.5 Å². The Balaban J connectivity index is 1.53. The Kier molecular flexibility index (Phi) is 6.40. The lowest BCUT2D eigenvalue weighted by Crippen LogP contribution is -2.30. The van der Waals surface area contributed by atoms with Crippen molar-refractivity contribution in [1.82, 2.24) is 14.9 Å². The van der Waals surface area contributed by atoms with Crippen molar-refractivity contribution in [3.05, 3.63) is 71.6 Å². The van der Waals surface area contributed by atoms with E-state index in [-0.39, 0.29) is 5.78 Å². The standard InChI is InChI=1S/C26H26N4O/c1-3-19-6-5-7-22(14-19)29-26-24-17-21(8-9-25(24)27-18-28-26)16-23(31)15-20-10-12-30(4-2)13-11-20/h1,5-9,14-15,17-18H,4,10-13,16H2,2H3,(H,27,28,29). The number of anilines is 2. The Hall–Kier alpha value is -3.49. The minimum absolute atomic E-state index is 0.146. The number of likely N-dealkylation sites (tertiary alicyclic amines) is 1. The molecule has 0 spiro atoms. The highest BCUT2D eigenvalue weighted by Gasteiger charge is 2.14. The summed E-state index contributed by atoms with van der Waals surface area (Å²) in [5, 5.41) is 4.21. The maximum Gasteiger partial charge on any atom is 0.160 e. The van der Waals surface area contributed by atoms with Crippen LogP contribution in [0.5, 0.6) is 0 Å². The van der Waals surface area contributed by atoms with Crippen LogP contribution in [0.15, 0.2) is 60.4 Å². The monoisotopic (exact) mass is 410 g/mol. The van der Waals surface area contributed by atoms with Gasteiger partial charge in [0, 0.05) is 36.1 Å². The third kappa shape index (κ3) is 5.17. The molecule has 2 heterocycles. The summed E-state index contributed by atoms with van der Waals surface area (Å²) in [7, 11) is 0. The summed E-state index contributed by atoms with van der Waals surface area (Å²) in [6.07, 6.45) is 11.2. The van der Waals surface area contributed by atoms with E-state index in [4.69, 9.17) is 6.42 Å². The fourth-order valence-corrected chi connectivity index (χ4v) is 3.92. The Morgan fingerprint density at radius 1 is 1.19 bits per heavy atom. The van der Waals surface area contributed by atoms with Crippen LogP contribution in [0.3, 0.4) is 0 Å². The number of piperidine rings is 1. The Morgan fingerprint density at radius 2 is 2.03 bits per heavy atom. The van der Waals surface area contributed by atoms with Crippen molar-refractivity contribution in [2.24, 2.45) is 0 Å². The fourth-order valence-electron chi connectivity index (χ4n) is 3.92. The van der Waals surface area contributed by atoms with Crippen LogP contribution in [0.4, 0.5) is 11.5 Å². The molecule has 0 radical (unpaired) electrons. The van der Waals surface area contributed by atoms with E-state index in [0.717, 1.165) is 60.2 Å². The number of carbonyl (C=O) groups is 1. The third-order valence-corrected chi connectivity index (χ3v) is 5.68. The molecule has 1 aromatic heterocycles. The predicted molar refractivity (Wildman–Crippen MR) is 125 cm³/mol. The summed E-state index contributed by atoms with van der Waals surface area (Å²) < 4.78 is 0. The topological polar surface area (TPSA) is 58.1 Å². The molecule has 1 fully saturated rings. The molecule has 0 saturated carbocycles. The number of terminal acetylenes is 1. The van der Waals surface area contributed by atoms with Gasteiger partial charge in [-0.15, -0.1) is 6.42 Å². The molecule has 1 aliphatic rings. The number of nitrogens with zero attached hydrogens (tertiary/aromatic N) is 3. The second-order valence-electron chi connectivity index (χ2n) is 7.80. The molecule has 1 saturated heterocycles. The lowest BCUT2D eigenvalue weighted by Gasteiger charge is -2.26. The average Bonchev–Trinajstić information content (AvgIpc) is 2.80. The van der Waals surface area contributed by atoms with Gasteiger partial charge in [0.1, 0.15) is 12.1 Å². The maximum absolute atomic E-state index is 12.7. The minimum atomic E-state index is 0.146. The summed E-state index contributed by atoms with van der Waals surface area (Å²) in [5.41, 5.74) is 4.70. The molecule has 1 aliphatic heterocycles. The smallest absolute Gasteiger partial charge is 0.160 e. The summed E-state index contributed by atoms with van der Waals surface area (Å²) in [6, 6.07) is 13.5. The third-order valence-electron chi connectivity index (χ3n) is 5.68. The number of fused-ring (bicyclic) bond motifs is 1. The number of hydrogen-bond acceptors (Lipinski definition) is 5. The second kappa shape index (κ2) is 9.55. The van der Waals surface area contributed by atoms with E-state index in [1.54, 1.807) is 0 Å². The molecule has 156 valence electrons. The van der Waals surface area contributed by atoms with Gasteiger partial charge < -0.3 is 10.2 Å². The van der Waals surface area contributed by atoms with Gasteiger partial charge in [-0.2, -0.15) is 0 Å². The minimum Gasteiger partial charge on any atom is -0.340 e. The molecule has 31 heavy (non-hydrogen) atoms. The highest BCUT2D eigenvalue weighted by Crippen LogP contribution is 2.25. The number of allylic oxidation sites excluding steroid dienone is 1. The van der Waals surface area contributed by atoms with E-state index >= 15 is 0 Å². The first-order valence-electron chi connectivity index (χ1n) is 10.7. The van der Waals surface area contributed by atoms with E-state index in [9.17, 15) is 4.79 Å². The summed E-state index contributed by atoms with van der Waals surface area (Å²) in [6.45, 7) is 5.33. The van der Waals surface area contributed by atoms with E-state index in [1.165, 1.54) is 11.9 Å². The lowest BCUT2D eigenvalue weighted by molar-refractivity contribution is -0.114. The van der Waals surface area contributed by atoms with Crippen molar-refractivity contribution >= 4 is 28.2 Å². The van der Waals surface area contributed by atoms with Crippen LogP contribution in [0.25, 0.3) is 10.9 Å². The Morgan fingerprint density at radius 3 is 2.81 bits per heavy atom. The van der Waals surface area contributed by atoms with E-state index < -0.39 is 0 Å². The number of carbonyl (C=O) groups excluding carboxylic acids is 1. The van der Waals surface area contributed by atoms with Crippen LogP contribution in [0.1, 0.15) is 30.9 Å². The van der Waals surface area contributed by atoms with Gasteiger partial charge >= 0.3 is 0 Å². The zero-order chi connectivity index (χ0) is 21.6. The molecule has 0 unspecified atom stereocenters. The zero-order valence-corrected chi connectivity index (χ0v) is 17.8. The maximum atomic E-state index is 12.7. The SMILES string of the molecule is C#Cc1cccc(Nc2ncnc3ccc(CC(=O)C=C4CCN(CC)CC4)cc23)c1. The predicted octanol–water partition coefficient (Wildman–Crippen LogP) is 4.51. The molecule has 3 aromatic rings. The van der Waals surface area contributed by atoms with Gasteiger partial charge in [0.15, 0.2) is 5.78 Å². The molecular weight excluding hydrogens is 384 g/mol. The van der Waals surface area contributed by atoms with Gasteiger partial charge in [0.05, 0.1) is 5.52 Å². The number of aromatic nitrogens is 2. The van der Waals surface area contributed by atoms with Crippen LogP contribution in [0, 0.1) is 12.3 Å². The molecule has 0 aliphatic carbocycles. The van der Waals surface area contributed by atoms with Gasteiger partial charge in [-0.05, 0) is 61.4 Å². The Labute approximate surface area is 183 Å². The number of nitrogens with one attached hydrogen (secondary N) is 1. The fraction of sp³-hybridized carbons (Fsp3) is 0.269. The van der Waals surface area contributed by atoms with E-state index in [2.05, 4.69) is 33.0 Å². The number of ketones is 1. The first-order chi connectivity index (χ1) is 15.1. The van der Waals surface area contributed by atoms with Crippen molar-refractivity contribution in [2.75, 3.05) is 25.0 Å². The van der Waals surface area contributed by atoms with Crippen molar-refractivity contribution < 1.29 is 4.79 Å². The number of rotatable bonds is 6. The van der Waals surface area contributed by atoms with Crippen LogP contribution in [-0.2, 0) is 11.2 Å². The van der Waals surface area contributed by atoms with Gasteiger partial charge in [0.25, 0.3) is 0 Å². The molecule has 1 N–H and O–H groups in total. The number of benzene rings is 2. The first-order valence-corrected chi connectivity index (χ1v) is 10.7. The second-order valence-corrected chi connectivity index (χ2v) is 7.80. The quantitative estimate of drug-likeness (QED) is 0.479. The normalized spacial score (nSPS) is 14.3. The molecule has 0 amide bonds. The van der Waals surface area contributed by atoms with Crippen LogP contribution in [-0.4, -0.2) is 40.3 Å². The van der Waals surface area contributed by atoms with Gasteiger partial charge in [-0.1, -0.05) is 30.6 Å². The highest BCUT2D eigenvalue weighted by molar-refractivity contribution is 5.95. The van der Waals surface area contributed by atoms with Crippen molar-refractivity contribution in [1.29, 1.82) is 0 Å². The molecule has 5 heteroatoms. The van der Waals surface area contributed by atoms with Crippen molar-refractivity contribution in [2.45, 2.75) is 26.2 Å². The zero-order valence-electron chi connectivity index (χ0n) is 17.8. The number of hydrogen-bond donors (Lipinski definition) is 1. The summed E-state index contributed by atoms with van der Waals surface area (Å²) in [5.74, 6) is 3.48. The highest BCUT2D eigenvalue weighted by atomic mass is 16.1. The van der Waals surface area contributed by atoms with Crippen LogP contribution >= 0.6 is 0 Å². The van der Waals surface area contributed by atoms with Crippen LogP contribution < -0.4 is 5.32 Å². The van der Waals surface area contributed by atoms with Gasteiger partial charge in [-0.3, -0.25) is 4.79 Å². The molecule has 2 aromatic carbocycles. The molecule has 4 rings (SSSR count). The summed E-state index contributed by atoms with van der Waals surface area (Å²) >= 11 is 0. The van der Waals surface area contributed by atoms with E-state index in [0.29, 0.717) is 12.2 Å². The lowest BCUT2D eigenvalue weighted by atomic mass is 9.99. The van der Waals surface area contributed by atoms with Gasteiger partial charge in [-0.25, -0.2) is 9.97 Å². The van der Waals surface area contributed by atoms with Crippen molar-refractivity contribution in [3.63, 3.8) is 0 Å². The first kappa shape index (κ1) is 20.8. The van der Waals surface area contributed by atoms with Crippen molar-refractivity contribution in [3.8, 4) is 12.3 Å². The average molecular weight is 411 g/mol. The van der Waals surface area contributed by atoms with Crippen LogP contribution in [0.2, 0.25) is 0 Å². The van der Waals surface area contributed by atoms with Gasteiger partial charge in [0.2, 0.25) is 0 Å². The molecule has 0 bridgehead atoms. The molecular formula is C26H26N4O.